The molecule has 0 saturated heterocycles. The predicted molar refractivity (Wildman–Crippen MR) is 86.9 cm³/mol. The van der Waals surface area contributed by atoms with Crippen molar-refractivity contribution in [2.75, 3.05) is 24.5 Å². The van der Waals surface area contributed by atoms with E-state index in [0.717, 1.165) is 15.7 Å². The average Bonchev–Trinajstić information content (AvgIpc) is 2.95. The Bertz CT molecular complexity index is 617. The molecule has 1 aromatic heterocycles. The fourth-order valence-electron chi connectivity index (χ4n) is 1.83. The van der Waals surface area contributed by atoms with Gasteiger partial charge in [0.15, 0.2) is 5.01 Å². The van der Waals surface area contributed by atoms with Gasteiger partial charge in [-0.3, -0.25) is 4.79 Å². The number of carbonyl (C=O) groups is 1. The maximum atomic E-state index is 11.7. The first-order valence-electron chi connectivity index (χ1n) is 6.75. The van der Waals surface area contributed by atoms with Gasteiger partial charge in [-0.1, -0.05) is 41.1 Å². The van der Waals surface area contributed by atoms with Crippen LogP contribution in [0.15, 0.2) is 24.3 Å². The third-order valence-corrected chi connectivity index (χ3v) is 4.23. The van der Waals surface area contributed by atoms with E-state index in [2.05, 4.69) is 15.5 Å². The third-order valence-electron chi connectivity index (χ3n) is 2.88. The van der Waals surface area contributed by atoms with Crippen LogP contribution >= 0.6 is 22.9 Å². The molecule has 2 aromatic rings. The summed E-state index contributed by atoms with van der Waals surface area (Å²) in [5.74, 6) is -0.0196. The standard InChI is InChI=1S/C14H17ClN4OS/c1-3-16-12(20)9-19(4-2)14-18-17-13(21-14)10-7-5-6-8-11(10)15/h5-8H,3-4,9H2,1-2H3,(H,16,20). The van der Waals surface area contributed by atoms with Crippen LogP contribution in [0.4, 0.5) is 5.13 Å². The molecule has 1 N–H and O–H groups in total. The van der Waals surface area contributed by atoms with Crippen LogP contribution in [-0.2, 0) is 4.79 Å². The van der Waals surface area contributed by atoms with Crippen LogP contribution in [0.1, 0.15) is 13.8 Å². The molecule has 0 atom stereocenters. The Kier molecular flexibility index (Phi) is 5.52. The molecule has 0 spiro atoms. The van der Waals surface area contributed by atoms with Gasteiger partial charge in [0.1, 0.15) is 0 Å². The SMILES string of the molecule is CCNC(=O)CN(CC)c1nnc(-c2ccccc2Cl)s1. The van der Waals surface area contributed by atoms with Crippen LogP contribution in [0.25, 0.3) is 10.6 Å². The van der Waals surface area contributed by atoms with Gasteiger partial charge in [0, 0.05) is 18.7 Å². The Hall–Kier alpha value is -1.66. The third kappa shape index (κ3) is 3.92. The lowest BCUT2D eigenvalue weighted by Crippen LogP contribution is -2.37. The van der Waals surface area contributed by atoms with E-state index in [9.17, 15) is 4.79 Å². The molecule has 21 heavy (non-hydrogen) atoms. The lowest BCUT2D eigenvalue weighted by atomic mass is 10.2. The van der Waals surface area contributed by atoms with E-state index in [1.165, 1.54) is 11.3 Å². The molecule has 0 aliphatic heterocycles. The van der Waals surface area contributed by atoms with Crippen molar-refractivity contribution < 1.29 is 4.79 Å². The minimum Gasteiger partial charge on any atom is -0.355 e. The first-order valence-corrected chi connectivity index (χ1v) is 7.95. The Morgan fingerprint density at radius 3 is 2.76 bits per heavy atom. The molecule has 0 radical (unpaired) electrons. The van der Waals surface area contributed by atoms with E-state index in [4.69, 9.17) is 11.6 Å². The number of hydrogen-bond acceptors (Lipinski definition) is 5. The fourth-order valence-corrected chi connectivity index (χ4v) is 3.06. The number of hydrogen-bond donors (Lipinski definition) is 1. The van der Waals surface area contributed by atoms with E-state index < -0.39 is 0 Å². The number of rotatable bonds is 6. The van der Waals surface area contributed by atoms with Crippen LogP contribution in [0.3, 0.4) is 0 Å². The van der Waals surface area contributed by atoms with Gasteiger partial charge in [0.25, 0.3) is 0 Å². The maximum absolute atomic E-state index is 11.7. The van der Waals surface area contributed by atoms with Crippen molar-refractivity contribution in [1.29, 1.82) is 0 Å². The molecule has 0 saturated carbocycles. The highest BCUT2D eigenvalue weighted by Gasteiger charge is 2.16. The number of nitrogens with one attached hydrogen (secondary N) is 1. The number of nitrogens with zero attached hydrogens (tertiary/aromatic N) is 3. The summed E-state index contributed by atoms with van der Waals surface area (Å²) in [6.45, 7) is 5.47. The molecule has 0 aliphatic rings. The molecular weight excluding hydrogens is 308 g/mol. The van der Waals surface area contributed by atoms with Gasteiger partial charge in [-0.2, -0.15) is 0 Å². The highest BCUT2D eigenvalue weighted by molar-refractivity contribution is 7.18. The Balaban J connectivity index is 2.18. The average molecular weight is 325 g/mol. The number of amides is 1. The van der Waals surface area contributed by atoms with Crippen LogP contribution in [0.5, 0.6) is 0 Å². The summed E-state index contributed by atoms with van der Waals surface area (Å²) >= 11 is 7.60. The van der Waals surface area contributed by atoms with Crippen LogP contribution in [0, 0.1) is 0 Å². The molecule has 2 rings (SSSR count). The Morgan fingerprint density at radius 2 is 2.10 bits per heavy atom. The van der Waals surface area contributed by atoms with E-state index >= 15 is 0 Å². The molecule has 0 bridgehead atoms. The Morgan fingerprint density at radius 1 is 1.33 bits per heavy atom. The summed E-state index contributed by atoms with van der Waals surface area (Å²) in [7, 11) is 0. The van der Waals surface area contributed by atoms with Gasteiger partial charge in [0.2, 0.25) is 11.0 Å². The lowest BCUT2D eigenvalue weighted by Gasteiger charge is -2.17. The minimum atomic E-state index is -0.0196. The molecule has 1 amide bonds. The largest absolute Gasteiger partial charge is 0.355 e. The zero-order valence-corrected chi connectivity index (χ0v) is 13.5. The van der Waals surface area contributed by atoms with E-state index in [-0.39, 0.29) is 12.5 Å². The number of anilines is 1. The summed E-state index contributed by atoms with van der Waals surface area (Å²) in [5, 5.41) is 13.3. The minimum absolute atomic E-state index is 0.0196. The van der Waals surface area contributed by atoms with Gasteiger partial charge < -0.3 is 10.2 Å². The molecule has 7 heteroatoms. The van der Waals surface area contributed by atoms with E-state index in [0.29, 0.717) is 18.1 Å². The summed E-state index contributed by atoms with van der Waals surface area (Å²) in [5.41, 5.74) is 0.858. The van der Waals surface area contributed by atoms with E-state index in [1.807, 2.05) is 43.0 Å². The first kappa shape index (κ1) is 15.7. The predicted octanol–water partition coefficient (Wildman–Crippen LogP) is 2.82. The molecular formula is C14H17ClN4OS. The monoisotopic (exact) mass is 324 g/mol. The van der Waals surface area contributed by atoms with Crippen molar-refractivity contribution >= 4 is 34.0 Å². The zero-order chi connectivity index (χ0) is 15.2. The van der Waals surface area contributed by atoms with Crippen molar-refractivity contribution in [2.45, 2.75) is 13.8 Å². The number of aromatic nitrogens is 2. The van der Waals surface area contributed by atoms with Gasteiger partial charge in [-0.15, -0.1) is 10.2 Å². The lowest BCUT2D eigenvalue weighted by molar-refractivity contribution is -0.119. The molecule has 1 aromatic carbocycles. The molecule has 112 valence electrons. The first-order chi connectivity index (χ1) is 10.2. The van der Waals surface area contributed by atoms with Gasteiger partial charge in [-0.05, 0) is 19.9 Å². The fraction of sp³-hybridized carbons (Fsp3) is 0.357. The second-order valence-electron chi connectivity index (χ2n) is 4.34. The topological polar surface area (TPSA) is 58.1 Å². The molecule has 0 unspecified atom stereocenters. The van der Waals surface area contributed by atoms with E-state index in [1.54, 1.807) is 0 Å². The van der Waals surface area contributed by atoms with Crippen molar-refractivity contribution in [3.8, 4) is 10.6 Å². The summed E-state index contributed by atoms with van der Waals surface area (Å²) < 4.78 is 0. The number of halogens is 1. The summed E-state index contributed by atoms with van der Waals surface area (Å²) in [4.78, 5) is 13.6. The number of carbonyl (C=O) groups excluding carboxylic acids is 1. The second kappa shape index (κ2) is 7.38. The molecule has 5 nitrogen and oxygen atoms in total. The Labute approximate surface area is 133 Å². The van der Waals surface area contributed by atoms with Crippen molar-refractivity contribution in [2.24, 2.45) is 0 Å². The molecule has 0 fully saturated rings. The van der Waals surface area contributed by atoms with Gasteiger partial charge in [0.05, 0.1) is 11.6 Å². The summed E-state index contributed by atoms with van der Waals surface area (Å²) in [6.07, 6.45) is 0. The molecule has 0 aliphatic carbocycles. The number of likely N-dealkylation sites (N-methyl/N-ethyl adjacent to an activating group) is 2. The maximum Gasteiger partial charge on any atom is 0.239 e. The van der Waals surface area contributed by atoms with Crippen molar-refractivity contribution in [1.82, 2.24) is 15.5 Å². The van der Waals surface area contributed by atoms with Crippen LogP contribution in [-0.4, -0.2) is 35.7 Å². The smallest absolute Gasteiger partial charge is 0.239 e. The zero-order valence-electron chi connectivity index (χ0n) is 12.0. The normalized spacial score (nSPS) is 10.4. The highest BCUT2D eigenvalue weighted by atomic mass is 35.5. The van der Waals surface area contributed by atoms with Gasteiger partial charge >= 0.3 is 0 Å². The quantitative estimate of drug-likeness (QED) is 0.887. The van der Waals surface area contributed by atoms with Crippen molar-refractivity contribution in [3.63, 3.8) is 0 Å². The van der Waals surface area contributed by atoms with Crippen LogP contribution in [0.2, 0.25) is 5.02 Å². The van der Waals surface area contributed by atoms with Gasteiger partial charge in [-0.25, -0.2) is 0 Å². The highest BCUT2D eigenvalue weighted by Crippen LogP contribution is 2.32. The molecule has 1 heterocycles. The number of benzene rings is 1. The van der Waals surface area contributed by atoms with Crippen molar-refractivity contribution in [3.05, 3.63) is 29.3 Å². The second-order valence-corrected chi connectivity index (χ2v) is 5.70. The van der Waals surface area contributed by atoms with Crippen LogP contribution < -0.4 is 10.2 Å². The summed E-state index contributed by atoms with van der Waals surface area (Å²) in [6, 6.07) is 7.52.